The lowest BCUT2D eigenvalue weighted by atomic mass is 9.81. The van der Waals surface area contributed by atoms with Crippen molar-refractivity contribution in [2.24, 2.45) is 5.84 Å². The third-order valence-corrected chi connectivity index (χ3v) is 9.61. The molecule has 1 aliphatic rings. The molecule has 0 radical (unpaired) electrons. The maximum absolute atomic E-state index is 13.7. The van der Waals surface area contributed by atoms with E-state index in [4.69, 9.17) is 15.4 Å². The van der Waals surface area contributed by atoms with Crippen LogP contribution in [0.25, 0.3) is 6.08 Å². The molecule has 1 unspecified atom stereocenters. The Morgan fingerprint density at radius 2 is 1.88 bits per heavy atom. The molecule has 1 aliphatic heterocycles. The van der Waals surface area contributed by atoms with Crippen LogP contribution in [0.15, 0.2) is 54.6 Å². The minimum absolute atomic E-state index is 0.00215. The van der Waals surface area contributed by atoms with Gasteiger partial charge in [-0.25, -0.2) is 24.6 Å². The second kappa shape index (κ2) is 15.0. The predicted octanol–water partition coefficient (Wildman–Crippen LogP) is 4.72. The van der Waals surface area contributed by atoms with Crippen LogP contribution < -0.4 is 16.7 Å². The average molecular weight is 626 g/mol. The number of aryl methyl sites for hydroxylation is 1. The third kappa shape index (κ3) is 8.65. The number of hydrazine groups is 1. The first-order chi connectivity index (χ1) is 20.3. The van der Waals surface area contributed by atoms with Crippen molar-refractivity contribution in [3.8, 4) is 0 Å². The lowest BCUT2D eigenvalue weighted by Gasteiger charge is -2.35. The highest BCUT2D eigenvalue weighted by atomic mass is 32.2. The fourth-order valence-electron chi connectivity index (χ4n) is 5.26. The number of nitrogens with two attached hydrogens (primary N) is 1. The summed E-state index contributed by atoms with van der Waals surface area (Å²) in [5, 5.41) is 0. The van der Waals surface area contributed by atoms with Gasteiger partial charge < -0.3 is 4.74 Å². The van der Waals surface area contributed by atoms with Gasteiger partial charge in [-0.1, -0.05) is 79.6 Å². The van der Waals surface area contributed by atoms with Gasteiger partial charge in [0.25, 0.3) is 11.8 Å². The first kappa shape index (κ1) is 34.2. The quantitative estimate of drug-likeness (QED) is 0.167. The number of allylic oxidation sites excluding steroid dienone is 1. The molecule has 2 aromatic carbocycles. The van der Waals surface area contributed by atoms with E-state index < -0.39 is 57.0 Å². The zero-order valence-electron chi connectivity index (χ0n) is 24.2. The van der Waals surface area contributed by atoms with Crippen LogP contribution in [0.2, 0.25) is 0 Å². The fraction of sp³-hybridized carbons (Fsp3) is 0.467. The normalized spacial score (nSPS) is 18.1. The minimum atomic E-state index is -5.27. The summed E-state index contributed by atoms with van der Waals surface area (Å²) in [4.78, 5) is 32.6. The van der Waals surface area contributed by atoms with E-state index >= 15 is 0 Å². The number of nitrogens with one attached hydrogen (secondary N) is 2. The molecule has 0 aromatic heterocycles. The summed E-state index contributed by atoms with van der Waals surface area (Å²) >= 11 is 0. The molecule has 13 heteroatoms. The van der Waals surface area contributed by atoms with Crippen LogP contribution in [-0.2, 0) is 33.7 Å². The lowest BCUT2D eigenvalue weighted by molar-refractivity contribution is -0.201. The van der Waals surface area contributed by atoms with Crippen LogP contribution in [-0.4, -0.2) is 45.1 Å². The monoisotopic (exact) mass is 625 g/mol. The number of carbonyl (C=O) groups is 2. The molecule has 9 nitrogen and oxygen atoms in total. The van der Waals surface area contributed by atoms with Crippen molar-refractivity contribution in [2.45, 2.75) is 75.5 Å². The van der Waals surface area contributed by atoms with Crippen molar-refractivity contribution in [3.05, 3.63) is 76.9 Å². The molecule has 4 N–H and O–H groups in total. The van der Waals surface area contributed by atoms with E-state index in [1.807, 2.05) is 30.3 Å². The van der Waals surface area contributed by atoms with Crippen molar-refractivity contribution in [1.82, 2.24) is 10.9 Å². The third-order valence-electron chi connectivity index (χ3n) is 7.23. The molecular weight excluding hydrogens is 587 g/mol. The molecule has 0 saturated carbocycles. The zero-order chi connectivity index (χ0) is 31.7. The zero-order valence-corrected chi connectivity index (χ0v) is 25.0. The Hall–Kier alpha value is -3.26. The number of sulfone groups is 1. The summed E-state index contributed by atoms with van der Waals surface area (Å²) in [5.41, 5.74) is 5.40. The van der Waals surface area contributed by atoms with E-state index in [0.29, 0.717) is 18.6 Å². The van der Waals surface area contributed by atoms with Crippen molar-refractivity contribution in [2.75, 3.05) is 12.4 Å². The van der Waals surface area contributed by atoms with Crippen LogP contribution in [0.3, 0.4) is 0 Å². The fourth-order valence-corrected chi connectivity index (χ4v) is 7.31. The van der Waals surface area contributed by atoms with Gasteiger partial charge in [-0.2, -0.15) is 13.2 Å². The van der Waals surface area contributed by atoms with Crippen molar-refractivity contribution in [1.29, 1.82) is 0 Å². The van der Waals surface area contributed by atoms with Crippen molar-refractivity contribution < 1.29 is 40.8 Å². The molecule has 236 valence electrons. The van der Waals surface area contributed by atoms with Gasteiger partial charge in [0.1, 0.15) is 5.75 Å². The number of carbonyl (C=O) groups excluding carboxylic acids is 2. The molecule has 0 aliphatic carbocycles. The number of halogens is 3. The number of hydroxylamine groups is 1. The Balaban J connectivity index is 2.18. The molecule has 3 rings (SSSR count). The number of hydrogen-bond acceptors (Lipinski definition) is 7. The summed E-state index contributed by atoms with van der Waals surface area (Å²) < 4.78 is 70.9. The Morgan fingerprint density at radius 1 is 1.16 bits per heavy atom. The van der Waals surface area contributed by atoms with E-state index in [1.165, 1.54) is 18.2 Å². The maximum Gasteiger partial charge on any atom is 0.402 e. The predicted molar refractivity (Wildman–Crippen MR) is 156 cm³/mol. The van der Waals surface area contributed by atoms with E-state index in [0.717, 1.165) is 18.4 Å². The topological polar surface area (TPSA) is 137 Å². The highest BCUT2D eigenvalue weighted by Gasteiger charge is 2.56. The van der Waals surface area contributed by atoms with Crippen molar-refractivity contribution in [3.63, 3.8) is 0 Å². The smallest absolute Gasteiger partial charge is 0.350 e. The molecule has 43 heavy (non-hydrogen) atoms. The number of rotatable bonds is 13. The molecule has 1 saturated heterocycles. The number of benzene rings is 2. The highest BCUT2D eigenvalue weighted by Crippen LogP contribution is 2.43. The van der Waals surface area contributed by atoms with E-state index in [-0.39, 0.29) is 24.0 Å². The van der Waals surface area contributed by atoms with E-state index in [9.17, 15) is 31.2 Å². The summed E-state index contributed by atoms with van der Waals surface area (Å²) in [6, 6.07) is 13.5. The van der Waals surface area contributed by atoms with Gasteiger partial charge >= 0.3 is 6.18 Å². The first-order valence-corrected chi connectivity index (χ1v) is 15.7. The van der Waals surface area contributed by atoms with Crippen molar-refractivity contribution >= 4 is 27.7 Å². The molecular formula is C30H38F3N3O6S. The van der Waals surface area contributed by atoms with E-state index in [1.54, 1.807) is 31.4 Å². The Morgan fingerprint density at radius 3 is 2.49 bits per heavy atom. The Bertz CT molecular complexity index is 1380. The van der Waals surface area contributed by atoms with Crippen LogP contribution in [0, 0.1) is 6.92 Å². The van der Waals surface area contributed by atoms with Crippen LogP contribution in [0.1, 0.15) is 73.6 Å². The molecule has 0 spiro atoms. The van der Waals surface area contributed by atoms with Gasteiger partial charge in [0.2, 0.25) is 0 Å². The molecule has 0 bridgehead atoms. The number of amides is 2. The molecule has 2 amide bonds. The maximum atomic E-state index is 13.7. The summed E-state index contributed by atoms with van der Waals surface area (Å²) in [6.07, 6.45) is -0.650. The Kier molecular flexibility index (Phi) is 11.9. The van der Waals surface area contributed by atoms with Crippen LogP contribution >= 0.6 is 0 Å². The summed E-state index contributed by atoms with van der Waals surface area (Å²) in [6.45, 7) is 3.68. The molecule has 3 atom stereocenters. The van der Waals surface area contributed by atoms with Gasteiger partial charge in [0.05, 0.1) is 5.92 Å². The van der Waals surface area contributed by atoms with E-state index in [2.05, 4.69) is 5.48 Å². The van der Waals surface area contributed by atoms with Gasteiger partial charge in [-0.05, 0) is 49.3 Å². The second-order valence-electron chi connectivity index (χ2n) is 10.5. The van der Waals surface area contributed by atoms with Gasteiger partial charge in [-0.3, -0.25) is 15.0 Å². The van der Waals surface area contributed by atoms with Gasteiger partial charge in [0, 0.05) is 13.0 Å². The number of ether oxygens (including phenoxy) is 1. The van der Waals surface area contributed by atoms with Crippen LogP contribution in [0.4, 0.5) is 13.2 Å². The summed E-state index contributed by atoms with van der Waals surface area (Å²) in [7, 11) is -5.27. The largest absolute Gasteiger partial charge is 0.402 e. The number of alkyl halides is 3. The second-order valence-corrected chi connectivity index (χ2v) is 12.7. The SMILES string of the molecule is CCC[C@](C(=O)NN)(c1ccc(C)cc1[C@H](C/C=C/c1ccccc1)C(=O)NOC1CCCCO1)S(=O)(=O)CC(F)(F)F. The molecule has 2 aromatic rings. The first-order valence-electron chi connectivity index (χ1n) is 14.0. The van der Waals surface area contributed by atoms with Gasteiger partial charge in [-0.15, -0.1) is 0 Å². The Labute approximate surface area is 249 Å². The average Bonchev–Trinajstić information content (AvgIpc) is 2.96. The molecule has 1 fully saturated rings. The minimum Gasteiger partial charge on any atom is -0.350 e. The number of hydrogen-bond donors (Lipinski definition) is 3. The molecule has 1 heterocycles. The van der Waals surface area contributed by atoms with Crippen LogP contribution in [0.5, 0.6) is 0 Å². The highest BCUT2D eigenvalue weighted by molar-refractivity contribution is 7.93. The lowest BCUT2D eigenvalue weighted by Crippen LogP contribution is -2.54. The van der Waals surface area contributed by atoms with Gasteiger partial charge in [0.15, 0.2) is 20.9 Å². The summed E-state index contributed by atoms with van der Waals surface area (Å²) in [5.74, 6) is -0.0282. The standard InChI is InChI=1S/C30H38F3N3O6S/c1-3-17-29(28(38)35-34,43(39,40)20-30(31,32)33)25-16-15-21(2)19-24(25)23(13-9-12-22-10-5-4-6-11-22)27(37)36-42-26-14-7-8-18-41-26/h4-6,9-12,15-16,19,23,26H,3,7-8,13-14,17-18,20,34H2,1-2H3,(H,35,38)(H,36,37)/b12-9+/t23-,26?,29+/m0/s1.